The Morgan fingerprint density at radius 2 is 2.09 bits per heavy atom. The SMILES string of the molecule is Cc1nc(NC(=O)Cn2ncc(=O)c3ccccc32)sc1C. The molecule has 0 radical (unpaired) electrons. The number of anilines is 1. The smallest absolute Gasteiger partial charge is 0.247 e. The number of amides is 1. The minimum absolute atomic E-state index is 0.0263. The Labute approximate surface area is 130 Å². The summed E-state index contributed by atoms with van der Waals surface area (Å²) >= 11 is 1.44. The highest BCUT2D eigenvalue weighted by Gasteiger charge is 2.11. The van der Waals surface area contributed by atoms with Gasteiger partial charge in [0.1, 0.15) is 6.54 Å². The lowest BCUT2D eigenvalue weighted by Crippen LogP contribution is -2.22. The lowest BCUT2D eigenvalue weighted by atomic mass is 10.2. The van der Waals surface area contributed by atoms with Crippen molar-refractivity contribution in [3.63, 3.8) is 0 Å². The summed E-state index contributed by atoms with van der Waals surface area (Å²) in [6.07, 6.45) is 1.23. The van der Waals surface area contributed by atoms with E-state index in [-0.39, 0.29) is 17.9 Å². The molecular weight excluding hydrogens is 300 g/mol. The predicted octanol–water partition coefficient (Wildman–Crippen LogP) is 2.11. The third kappa shape index (κ3) is 2.75. The molecule has 112 valence electrons. The van der Waals surface area contributed by atoms with Gasteiger partial charge >= 0.3 is 0 Å². The standard InChI is InChI=1S/C15H14N4O2S/c1-9-10(2)22-15(17-9)18-14(21)8-19-12-6-4-3-5-11(12)13(20)7-16-19/h3-7H,8H2,1-2H3,(H,17,18,21). The molecule has 0 bridgehead atoms. The number of hydrogen-bond acceptors (Lipinski definition) is 5. The van der Waals surface area contributed by atoms with Crippen molar-refractivity contribution in [1.82, 2.24) is 14.8 Å². The van der Waals surface area contributed by atoms with E-state index in [9.17, 15) is 9.59 Å². The van der Waals surface area contributed by atoms with Gasteiger partial charge in [-0.05, 0) is 26.0 Å². The lowest BCUT2D eigenvalue weighted by Gasteiger charge is -2.08. The molecule has 0 unspecified atom stereocenters. The molecule has 1 N–H and O–H groups in total. The monoisotopic (exact) mass is 314 g/mol. The van der Waals surface area contributed by atoms with Crippen molar-refractivity contribution in [3.05, 3.63) is 51.3 Å². The van der Waals surface area contributed by atoms with Crippen LogP contribution in [0.15, 0.2) is 35.3 Å². The molecule has 0 fully saturated rings. The maximum Gasteiger partial charge on any atom is 0.247 e. The van der Waals surface area contributed by atoms with E-state index >= 15 is 0 Å². The van der Waals surface area contributed by atoms with E-state index in [1.54, 1.807) is 18.2 Å². The van der Waals surface area contributed by atoms with Crippen molar-refractivity contribution in [2.75, 3.05) is 5.32 Å². The summed E-state index contributed by atoms with van der Waals surface area (Å²) in [6.45, 7) is 3.89. The van der Waals surface area contributed by atoms with Gasteiger partial charge in [0.25, 0.3) is 0 Å². The Morgan fingerprint density at radius 1 is 1.32 bits per heavy atom. The number of aromatic nitrogens is 3. The first-order valence-electron chi connectivity index (χ1n) is 6.73. The van der Waals surface area contributed by atoms with Crippen LogP contribution in [0.25, 0.3) is 10.9 Å². The van der Waals surface area contributed by atoms with Crippen molar-refractivity contribution in [2.45, 2.75) is 20.4 Å². The van der Waals surface area contributed by atoms with Crippen LogP contribution in [0.1, 0.15) is 10.6 Å². The Morgan fingerprint density at radius 3 is 2.82 bits per heavy atom. The fourth-order valence-electron chi connectivity index (χ4n) is 2.11. The van der Waals surface area contributed by atoms with Crippen LogP contribution >= 0.6 is 11.3 Å². The highest BCUT2D eigenvalue weighted by molar-refractivity contribution is 7.15. The van der Waals surface area contributed by atoms with E-state index in [1.165, 1.54) is 22.2 Å². The first-order valence-corrected chi connectivity index (χ1v) is 7.55. The Kier molecular flexibility index (Phi) is 3.72. The van der Waals surface area contributed by atoms with Crippen LogP contribution in [-0.2, 0) is 11.3 Å². The van der Waals surface area contributed by atoms with Crippen LogP contribution in [-0.4, -0.2) is 20.7 Å². The summed E-state index contributed by atoms with van der Waals surface area (Å²) in [4.78, 5) is 29.3. The molecule has 1 aromatic carbocycles. The van der Waals surface area contributed by atoms with Crippen LogP contribution in [0.3, 0.4) is 0 Å². The first kappa shape index (κ1) is 14.4. The average molecular weight is 314 g/mol. The van der Waals surface area contributed by atoms with Crippen molar-refractivity contribution in [1.29, 1.82) is 0 Å². The molecule has 3 rings (SSSR count). The molecule has 3 aromatic rings. The Balaban J connectivity index is 1.85. The second kappa shape index (κ2) is 5.69. The fourth-order valence-corrected chi connectivity index (χ4v) is 2.94. The minimum atomic E-state index is -0.227. The van der Waals surface area contributed by atoms with E-state index in [2.05, 4.69) is 15.4 Å². The van der Waals surface area contributed by atoms with Crippen LogP contribution < -0.4 is 10.7 Å². The second-order valence-electron chi connectivity index (χ2n) is 4.89. The van der Waals surface area contributed by atoms with Gasteiger partial charge in [-0.25, -0.2) is 4.98 Å². The third-order valence-corrected chi connectivity index (χ3v) is 4.32. The topological polar surface area (TPSA) is 76.9 Å². The molecule has 0 atom stereocenters. The molecule has 6 nitrogen and oxygen atoms in total. The maximum absolute atomic E-state index is 12.1. The Bertz CT molecular complexity index is 894. The van der Waals surface area contributed by atoms with E-state index in [0.717, 1.165) is 10.6 Å². The van der Waals surface area contributed by atoms with Gasteiger partial charge < -0.3 is 5.32 Å². The number of carbonyl (C=O) groups is 1. The predicted molar refractivity (Wildman–Crippen MR) is 86.2 cm³/mol. The van der Waals surface area contributed by atoms with Gasteiger partial charge in [0.2, 0.25) is 11.3 Å². The normalized spacial score (nSPS) is 10.8. The number of hydrogen-bond donors (Lipinski definition) is 1. The highest BCUT2D eigenvalue weighted by Crippen LogP contribution is 2.21. The summed E-state index contributed by atoms with van der Waals surface area (Å²) in [7, 11) is 0. The first-order chi connectivity index (χ1) is 10.5. The van der Waals surface area contributed by atoms with Crippen molar-refractivity contribution >= 4 is 33.3 Å². The maximum atomic E-state index is 12.1. The quantitative estimate of drug-likeness (QED) is 0.803. The van der Waals surface area contributed by atoms with Gasteiger partial charge in [-0.2, -0.15) is 5.10 Å². The summed E-state index contributed by atoms with van der Waals surface area (Å²) in [5.74, 6) is -0.227. The molecule has 0 saturated heterocycles. The van der Waals surface area contributed by atoms with Crippen LogP contribution in [0.2, 0.25) is 0 Å². The molecule has 0 spiro atoms. The third-order valence-electron chi connectivity index (χ3n) is 3.33. The van der Waals surface area contributed by atoms with Crippen molar-refractivity contribution in [2.24, 2.45) is 0 Å². The minimum Gasteiger partial charge on any atom is -0.300 e. The summed E-state index contributed by atoms with van der Waals surface area (Å²) in [5, 5.41) is 7.92. The summed E-state index contributed by atoms with van der Waals surface area (Å²) < 4.78 is 1.51. The number of carbonyl (C=O) groups excluding carboxylic acids is 1. The number of fused-ring (bicyclic) bond motifs is 1. The van der Waals surface area contributed by atoms with Gasteiger partial charge in [0, 0.05) is 10.3 Å². The number of nitrogens with zero attached hydrogens (tertiary/aromatic N) is 3. The number of nitrogens with one attached hydrogen (secondary N) is 1. The number of thiazole rings is 1. The van der Waals surface area contributed by atoms with Gasteiger partial charge in [0.05, 0.1) is 17.4 Å². The second-order valence-corrected chi connectivity index (χ2v) is 6.10. The molecule has 7 heteroatoms. The number of para-hydroxylation sites is 1. The molecular formula is C15H14N4O2S. The highest BCUT2D eigenvalue weighted by atomic mass is 32.1. The van der Waals surface area contributed by atoms with E-state index in [4.69, 9.17) is 0 Å². The lowest BCUT2D eigenvalue weighted by molar-refractivity contribution is -0.116. The molecule has 2 aromatic heterocycles. The van der Waals surface area contributed by atoms with Gasteiger partial charge in [-0.1, -0.05) is 12.1 Å². The molecule has 0 aliphatic rings. The van der Waals surface area contributed by atoms with E-state index in [0.29, 0.717) is 16.0 Å². The van der Waals surface area contributed by atoms with Gasteiger partial charge in [-0.15, -0.1) is 11.3 Å². The zero-order chi connectivity index (χ0) is 15.7. The zero-order valence-corrected chi connectivity index (χ0v) is 13.0. The molecule has 0 saturated carbocycles. The summed E-state index contributed by atoms with van der Waals surface area (Å²) in [5.41, 5.74) is 1.39. The van der Waals surface area contributed by atoms with Crippen molar-refractivity contribution in [3.8, 4) is 0 Å². The molecule has 2 heterocycles. The molecule has 0 aliphatic heterocycles. The molecule has 1 amide bonds. The van der Waals surface area contributed by atoms with Crippen LogP contribution in [0.4, 0.5) is 5.13 Å². The van der Waals surface area contributed by atoms with Gasteiger partial charge in [-0.3, -0.25) is 14.3 Å². The Hall–Kier alpha value is -2.54. The average Bonchev–Trinajstić information content (AvgIpc) is 2.80. The van der Waals surface area contributed by atoms with E-state index < -0.39 is 0 Å². The van der Waals surface area contributed by atoms with Crippen molar-refractivity contribution < 1.29 is 4.79 Å². The number of rotatable bonds is 3. The molecule has 22 heavy (non-hydrogen) atoms. The van der Waals surface area contributed by atoms with Gasteiger partial charge in [0.15, 0.2) is 5.13 Å². The van der Waals surface area contributed by atoms with E-state index in [1.807, 2.05) is 19.9 Å². The van der Waals surface area contributed by atoms with Crippen LogP contribution in [0, 0.1) is 13.8 Å². The van der Waals surface area contributed by atoms with Crippen LogP contribution in [0.5, 0.6) is 0 Å². The number of aryl methyl sites for hydroxylation is 2. The zero-order valence-electron chi connectivity index (χ0n) is 12.2. The summed E-state index contributed by atoms with van der Waals surface area (Å²) in [6, 6.07) is 7.09. The fraction of sp³-hybridized carbons (Fsp3) is 0.200. The molecule has 0 aliphatic carbocycles. The number of benzene rings is 1. The largest absolute Gasteiger partial charge is 0.300 e.